The summed E-state index contributed by atoms with van der Waals surface area (Å²) >= 11 is 0. The minimum atomic E-state index is -0.876. The molecular weight excluding hydrogens is 412 g/mol. The lowest BCUT2D eigenvalue weighted by molar-refractivity contribution is -0.140. The van der Waals surface area contributed by atoms with E-state index in [-0.39, 0.29) is 17.9 Å². The molecule has 8 nitrogen and oxygen atoms in total. The first-order chi connectivity index (χ1) is 15.4. The Balaban J connectivity index is 1.63. The molecule has 1 fully saturated rings. The summed E-state index contributed by atoms with van der Waals surface area (Å²) < 4.78 is 16.8. The van der Waals surface area contributed by atoms with E-state index in [1.165, 1.54) is 11.2 Å². The van der Waals surface area contributed by atoms with Crippen LogP contribution in [0.3, 0.4) is 0 Å². The van der Waals surface area contributed by atoms with Gasteiger partial charge in [0.05, 0.1) is 30.6 Å². The van der Waals surface area contributed by atoms with Crippen molar-refractivity contribution in [1.82, 2.24) is 4.90 Å². The van der Waals surface area contributed by atoms with Gasteiger partial charge in [0.25, 0.3) is 11.7 Å². The summed E-state index contributed by atoms with van der Waals surface area (Å²) in [5.74, 6) is 0.505. The molecule has 1 aromatic carbocycles. The Morgan fingerprint density at radius 2 is 2.03 bits per heavy atom. The van der Waals surface area contributed by atoms with E-state index in [0.29, 0.717) is 41.7 Å². The Morgan fingerprint density at radius 3 is 2.75 bits per heavy atom. The van der Waals surface area contributed by atoms with Crippen molar-refractivity contribution < 1.29 is 28.3 Å². The van der Waals surface area contributed by atoms with Crippen molar-refractivity contribution in [3.05, 3.63) is 77.1 Å². The van der Waals surface area contributed by atoms with E-state index in [4.69, 9.17) is 13.6 Å². The van der Waals surface area contributed by atoms with Crippen LogP contribution in [0.15, 0.2) is 63.1 Å². The van der Waals surface area contributed by atoms with E-state index >= 15 is 0 Å². The van der Waals surface area contributed by atoms with Crippen LogP contribution in [-0.2, 0) is 16.1 Å². The number of aliphatic hydroxyl groups excluding tert-OH is 1. The van der Waals surface area contributed by atoms with Gasteiger partial charge in [-0.3, -0.25) is 9.59 Å². The second-order valence-electron chi connectivity index (χ2n) is 7.91. The number of Topliss-reactive ketones (excluding diaryl/α,β-unsaturated/α-hetero) is 1. The zero-order chi connectivity index (χ0) is 22.4. The number of ketones is 1. The SMILES string of the molecule is Cc1ccc(C2/C(=C(/O)c3ccc4c(c3)N(C)CCO4)C(=O)C(=O)N2Cc2ccco2)o1. The molecule has 0 bridgehead atoms. The molecule has 0 saturated carbocycles. The molecule has 5 rings (SSSR count). The maximum Gasteiger partial charge on any atom is 0.296 e. The average molecular weight is 434 g/mol. The van der Waals surface area contributed by atoms with Gasteiger partial charge in [0.2, 0.25) is 0 Å². The number of amides is 1. The Kier molecular flexibility index (Phi) is 4.77. The summed E-state index contributed by atoms with van der Waals surface area (Å²) in [7, 11) is 1.93. The van der Waals surface area contributed by atoms with Crippen molar-refractivity contribution in [1.29, 1.82) is 0 Å². The summed E-state index contributed by atoms with van der Waals surface area (Å²) in [5, 5.41) is 11.2. The second kappa shape index (κ2) is 7.64. The van der Waals surface area contributed by atoms with Crippen LogP contribution in [0.5, 0.6) is 5.75 Å². The van der Waals surface area contributed by atoms with E-state index in [9.17, 15) is 14.7 Å². The number of hydrogen-bond acceptors (Lipinski definition) is 7. The molecule has 32 heavy (non-hydrogen) atoms. The largest absolute Gasteiger partial charge is 0.507 e. The number of carbonyl (C=O) groups is 2. The Hall–Kier alpha value is -3.94. The maximum atomic E-state index is 13.1. The van der Waals surface area contributed by atoms with Crippen LogP contribution in [0, 0.1) is 6.92 Å². The highest BCUT2D eigenvalue weighted by molar-refractivity contribution is 6.46. The minimum absolute atomic E-state index is 0.0183. The number of rotatable bonds is 4. The van der Waals surface area contributed by atoms with Gasteiger partial charge in [-0.1, -0.05) is 0 Å². The van der Waals surface area contributed by atoms with Crippen LogP contribution in [0.1, 0.15) is 28.9 Å². The number of benzene rings is 1. The first-order valence-electron chi connectivity index (χ1n) is 10.3. The lowest BCUT2D eigenvalue weighted by Gasteiger charge is -2.28. The van der Waals surface area contributed by atoms with Gasteiger partial charge in [-0.05, 0) is 49.4 Å². The molecule has 0 aliphatic carbocycles. The van der Waals surface area contributed by atoms with Gasteiger partial charge in [-0.15, -0.1) is 0 Å². The summed E-state index contributed by atoms with van der Waals surface area (Å²) in [6.07, 6.45) is 1.50. The summed E-state index contributed by atoms with van der Waals surface area (Å²) in [6, 6.07) is 11.2. The summed E-state index contributed by atoms with van der Waals surface area (Å²) in [4.78, 5) is 29.4. The fourth-order valence-electron chi connectivity index (χ4n) is 4.16. The molecule has 0 radical (unpaired) electrons. The van der Waals surface area contributed by atoms with Crippen molar-refractivity contribution in [2.75, 3.05) is 25.1 Å². The van der Waals surface area contributed by atoms with Crippen LogP contribution in [0.4, 0.5) is 5.69 Å². The number of aliphatic hydroxyl groups is 1. The standard InChI is InChI=1S/C24H22N2O6/c1-14-5-7-19(32-14)21-20(23(28)24(29)26(21)13-16-4-3-10-30-16)22(27)15-6-8-18-17(12-15)25(2)9-11-31-18/h3-8,10,12,21,27H,9,11,13H2,1-2H3/b22-20-. The lowest BCUT2D eigenvalue weighted by Crippen LogP contribution is -2.29. The second-order valence-corrected chi connectivity index (χ2v) is 7.91. The van der Waals surface area contributed by atoms with Gasteiger partial charge >= 0.3 is 0 Å². The van der Waals surface area contributed by atoms with Gasteiger partial charge in [-0.2, -0.15) is 0 Å². The van der Waals surface area contributed by atoms with E-state index in [1.54, 1.807) is 49.4 Å². The number of fused-ring (bicyclic) bond motifs is 1. The fraction of sp³-hybridized carbons (Fsp3) is 0.250. The van der Waals surface area contributed by atoms with Gasteiger partial charge < -0.3 is 28.5 Å². The zero-order valence-electron chi connectivity index (χ0n) is 17.7. The molecule has 8 heteroatoms. The molecule has 2 aliphatic heterocycles. The van der Waals surface area contributed by atoms with Crippen molar-refractivity contribution in [2.45, 2.75) is 19.5 Å². The van der Waals surface area contributed by atoms with Crippen LogP contribution in [-0.4, -0.2) is 41.9 Å². The number of nitrogens with zero attached hydrogens (tertiary/aromatic N) is 2. The third-order valence-corrected chi connectivity index (χ3v) is 5.80. The van der Waals surface area contributed by atoms with E-state index in [2.05, 4.69) is 0 Å². The number of aryl methyl sites for hydroxylation is 1. The topological polar surface area (TPSA) is 96.4 Å². The first-order valence-corrected chi connectivity index (χ1v) is 10.3. The predicted molar refractivity (Wildman–Crippen MR) is 115 cm³/mol. The quantitative estimate of drug-likeness (QED) is 0.380. The Morgan fingerprint density at radius 1 is 1.19 bits per heavy atom. The van der Waals surface area contributed by atoms with Crippen LogP contribution in [0.2, 0.25) is 0 Å². The van der Waals surface area contributed by atoms with Crippen LogP contribution >= 0.6 is 0 Å². The monoisotopic (exact) mass is 434 g/mol. The van der Waals surface area contributed by atoms with Crippen molar-refractivity contribution >= 4 is 23.1 Å². The minimum Gasteiger partial charge on any atom is -0.507 e. The molecule has 2 aliphatic rings. The molecule has 1 unspecified atom stereocenters. The average Bonchev–Trinajstić information content (AvgIpc) is 3.51. The maximum absolute atomic E-state index is 13.1. The normalized spacial score (nSPS) is 19.9. The fourth-order valence-corrected chi connectivity index (χ4v) is 4.16. The highest BCUT2D eigenvalue weighted by Crippen LogP contribution is 2.42. The van der Waals surface area contributed by atoms with Gasteiger partial charge in [-0.25, -0.2) is 0 Å². The molecule has 4 heterocycles. The number of furan rings is 2. The van der Waals surface area contributed by atoms with E-state index < -0.39 is 17.7 Å². The molecular formula is C24H22N2O6. The molecule has 1 atom stereocenters. The number of likely N-dealkylation sites (N-methyl/N-ethyl adjacent to an activating group) is 1. The van der Waals surface area contributed by atoms with E-state index in [1.807, 2.05) is 11.9 Å². The highest BCUT2D eigenvalue weighted by Gasteiger charge is 2.48. The summed E-state index contributed by atoms with van der Waals surface area (Å²) in [5.41, 5.74) is 1.20. The zero-order valence-corrected chi connectivity index (χ0v) is 17.7. The number of ether oxygens (including phenoxy) is 1. The molecule has 1 saturated heterocycles. The molecule has 0 spiro atoms. The van der Waals surface area contributed by atoms with E-state index in [0.717, 1.165) is 5.69 Å². The molecule has 2 aromatic heterocycles. The molecule has 1 amide bonds. The van der Waals surface area contributed by atoms with Crippen molar-refractivity contribution in [3.8, 4) is 5.75 Å². The lowest BCUT2D eigenvalue weighted by atomic mass is 9.98. The van der Waals surface area contributed by atoms with Crippen molar-refractivity contribution in [3.63, 3.8) is 0 Å². The van der Waals surface area contributed by atoms with Crippen LogP contribution in [0.25, 0.3) is 5.76 Å². The number of carbonyl (C=O) groups excluding carboxylic acids is 2. The Bertz CT molecular complexity index is 1220. The summed E-state index contributed by atoms with van der Waals surface area (Å²) in [6.45, 7) is 3.13. The number of likely N-dealkylation sites (tertiary alicyclic amines) is 1. The molecule has 3 aromatic rings. The van der Waals surface area contributed by atoms with Gasteiger partial charge in [0, 0.05) is 12.6 Å². The smallest absolute Gasteiger partial charge is 0.296 e. The third-order valence-electron chi connectivity index (χ3n) is 5.80. The molecule has 1 N–H and O–H groups in total. The van der Waals surface area contributed by atoms with Gasteiger partial charge in [0.1, 0.15) is 41.4 Å². The predicted octanol–water partition coefficient (Wildman–Crippen LogP) is 3.63. The first kappa shape index (κ1) is 20.0. The van der Waals surface area contributed by atoms with Gasteiger partial charge in [0.15, 0.2) is 0 Å². The molecule has 164 valence electrons. The third kappa shape index (κ3) is 3.24. The Labute approximate surface area is 184 Å². The highest BCUT2D eigenvalue weighted by atomic mass is 16.5. The van der Waals surface area contributed by atoms with Crippen molar-refractivity contribution in [2.24, 2.45) is 0 Å². The number of anilines is 1. The number of hydrogen-bond donors (Lipinski definition) is 1. The van der Waals surface area contributed by atoms with Crippen LogP contribution < -0.4 is 9.64 Å².